The molecule has 1 aromatic rings. The zero-order valence-electron chi connectivity index (χ0n) is 12.3. The molecule has 1 aromatic carbocycles. The average molecular weight is 303 g/mol. The van der Waals surface area contributed by atoms with Crippen LogP contribution in [0.25, 0.3) is 0 Å². The fourth-order valence-electron chi connectivity index (χ4n) is 1.67. The summed E-state index contributed by atoms with van der Waals surface area (Å²) in [5.41, 5.74) is 5.99. The smallest absolute Gasteiger partial charge is 0.240 e. The highest BCUT2D eigenvalue weighted by molar-refractivity contribution is 7.89. The molecule has 0 saturated carbocycles. The van der Waals surface area contributed by atoms with E-state index < -0.39 is 15.8 Å². The standard InChI is InChI=1S/C13H22FN3O2S/c1-9(5-6-17(3)4)16-20(18,19)11-7-12(14)10(2)13(15)8-11/h7-9,16H,5-6,15H2,1-4H3. The maximum Gasteiger partial charge on any atom is 0.240 e. The van der Waals surface area contributed by atoms with Gasteiger partial charge in [-0.05, 0) is 53.0 Å². The number of hydrogen-bond acceptors (Lipinski definition) is 4. The average Bonchev–Trinajstić information content (AvgIpc) is 2.32. The van der Waals surface area contributed by atoms with E-state index in [1.165, 1.54) is 13.0 Å². The predicted octanol–water partition coefficient (Wildman–Crippen LogP) is 1.33. The Morgan fingerprint density at radius 3 is 2.50 bits per heavy atom. The van der Waals surface area contributed by atoms with E-state index in [2.05, 4.69) is 4.72 Å². The molecule has 0 aliphatic heterocycles. The lowest BCUT2D eigenvalue weighted by atomic mass is 10.2. The molecule has 3 N–H and O–H groups in total. The van der Waals surface area contributed by atoms with Crippen LogP contribution in [0, 0.1) is 12.7 Å². The van der Waals surface area contributed by atoms with Gasteiger partial charge in [0, 0.05) is 17.3 Å². The third kappa shape index (κ3) is 4.43. The van der Waals surface area contributed by atoms with Gasteiger partial charge in [-0.25, -0.2) is 17.5 Å². The number of nitrogens with one attached hydrogen (secondary N) is 1. The Bertz CT molecular complexity index is 550. The molecule has 0 amide bonds. The molecule has 0 fully saturated rings. The third-order valence-corrected chi connectivity index (χ3v) is 4.60. The molecule has 0 bridgehead atoms. The van der Waals surface area contributed by atoms with Crippen LogP contribution in [0.15, 0.2) is 17.0 Å². The van der Waals surface area contributed by atoms with Gasteiger partial charge in [0.25, 0.3) is 0 Å². The minimum absolute atomic E-state index is 0.131. The molecule has 0 saturated heterocycles. The van der Waals surface area contributed by atoms with Crippen molar-refractivity contribution in [2.45, 2.75) is 31.2 Å². The van der Waals surface area contributed by atoms with Crippen molar-refractivity contribution < 1.29 is 12.8 Å². The minimum atomic E-state index is -3.76. The first kappa shape index (κ1) is 16.9. The molecule has 0 aliphatic carbocycles. The molecular formula is C13H22FN3O2S. The Labute approximate surface area is 120 Å². The molecule has 0 spiro atoms. The second-order valence-electron chi connectivity index (χ2n) is 5.23. The number of sulfonamides is 1. The number of nitrogens with two attached hydrogens (primary N) is 1. The molecule has 1 rings (SSSR count). The van der Waals surface area contributed by atoms with Gasteiger partial charge in [-0.15, -0.1) is 0 Å². The number of benzene rings is 1. The van der Waals surface area contributed by atoms with Crippen LogP contribution in [0.4, 0.5) is 10.1 Å². The van der Waals surface area contributed by atoms with Crippen LogP contribution in [-0.4, -0.2) is 40.0 Å². The van der Waals surface area contributed by atoms with E-state index in [-0.39, 0.29) is 22.2 Å². The van der Waals surface area contributed by atoms with Crippen LogP contribution < -0.4 is 10.5 Å². The van der Waals surface area contributed by atoms with Gasteiger partial charge < -0.3 is 10.6 Å². The Balaban J connectivity index is 2.89. The lowest BCUT2D eigenvalue weighted by molar-refractivity contribution is 0.379. The summed E-state index contributed by atoms with van der Waals surface area (Å²) < 4.78 is 40.4. The molecule has 20 heavy (non-hydrogen) atoms. The number of anilines is 1. The van der Waals surface area contributed by atoms with Crippen molar-refractivity contribution in [3.05, 3.63) is 23.5 Å². The van der Waals surface area contributed by atoms with Gasteiger partial charge in [0.15, 0.2) is 0 Å². The summed E-state index contributed by atoms with van der Waals surface area (Å²) >= 11 is 0. The van der Waals surface area contributed by atoms with E-state index >= 15 is 0 Å². The summed E-state index contributed by atoms with van der Waals surface area (Å²) in [6.07, 6.45) is 0.663. The van der Waals surface area contributed by atoms with E-state index in [9.17, 15) is 12.8 Å². The monoisotopic (exact) mass is 303 g/mol. The first-order valence-electron chi connectivity index (χ1n) is 6.36. The van der Waals surface area contributed by atoms with Crippen molar-refractivity contribution in [2.24, 2.45) is 0 Å². The highest BCUT2D eigenvalue weighted by atomic mass is 32.2. The Hall–Kier alpha value is -1.18. The van der Waals surface area contributed by atoms with Crippen LogP contribution in [0.5, 0.6) is 0 Å². The van der Waals surface area contributed by atoms with Gasteiger partial charge in [-0.1, -0.05) is 0 Å². The first-order chi connectivity index (χ1) is 9.13. The Morgan fingerprint density at radius 2 is 2.00 bits per heavy atom. The molecular weight excluding hydrogens is 281 g/mol. The third-order valence-electron chi connectivity index (χ3n) is 3.03. The zero-order valence-corrected chi connectivity index (χ0v) is 13.1. The summed E-state index contributed by atoms with van der Waals surface area (Å²) in [5, 5.41) is 0. The van der Waals surface area contributed by atoms with E-state index in [4.69, 9.17) is 5.73 Å². The summed E-state index contributed by atoms with van der Waals surface area (Å²) in [7, 11) is 0.0702. The fraction of sp³-hybridized carbons (Fsp3) is 0.538. The normalized spacial score (nSPS) is 13.7. The highest BCUT2D eigenvalue weighted by Crippen LogP contribution is 2.21. The van der Waals surface area contributed by atoms with Crippen molar-refractivity contribution in [2.75, 3.05) is 26.4 Å². The Kier molecular flexibility index (Phi) is 5.50. The van der Waals surface area contributed by atoms with E-state index in [1.54, 1.807) is 6.92 Å². The molecule has 5 nitrogen and oxygen atoms in total. The van der Waals surface area contributed by atoms with Crippen molar-refractivity contribution in [3.8, 4) is 0 Å². The number of halogens is 1. The quantitative estimate of drug-likeness (QED) is 0.778. The van der Waals surface area contributed by atoms with Crippen molar-refractivity contribution in [3.63, 3.8) is 0 Å². The predicted molar refractivity (Wildman–Crippen MR) is 78.5 cm³/mol. The molecule has 0 aromatic heterocycles. The van der Waals surface area contributed by atoms with Crippen LogP contribution in [0.2, 0.25) is 0 Å². The summed E-state index contributed by atoms with van der Waals surface area (Å²) in [5.74, 6) is -0.619. The van der Waals surface area contributed by atoms with Crippen molar-refractivity contribution >= 4 is 15.7 Å². The van der Waals surface area contributed by atoms with E-state index in [0.29, 0.717) is 6.42 Å². The number of hydrogen-bond donors (Lipinski definition) is 2. The summed E-state index contributed by atoms with van der Waals surface area (Å²) in [6.45, 7) is 4.04. The van der Waals surface area contributed by atoms with Crippen LogP contribution in [-0.2, 0) is 10.0 Å². The first-order valence-corrected chi connectivity index (χ1v) is 7.84. The van der Waals surface area contributed by atoms with Gasteiger partial charge in [0.05, 0.1) is 4.90 Å². The minimum Gasteiger partial charge on any atom is -0.398 e. The lowest BCUT2D eigenvalue weighted by Crippen LogP contribution is -2.34. The largest absolute Gasteiger partial charge is 0.398 e. The van der Waals surface area contributed by atoms with Gasteiger partial charge in [0.1, 0.15) is 5.82 Å². The molecule has 0 radical (unpaired) electrons. The van der Waals surface area contributed by atoms with Crippen LogP contribution >= 0.6 is 0 Å². The summed E-state index contributed by atoms with van der Waals surface area (Å²) in [6, 6.07) is 2.03. The van der Waals surface area contributed by atoms with Crippen LogP contribution in [0.1, 0.15) is 18.9 Å². The second-order valence-corrected chi connectivity index (χ2v) is 6.95. The van der Waals surface area contributed by atoms with Gasteiger partial charge in [-0.2, -0.15) is 0 Å². The molecule has 1 unspecified atom stereocenters. The topological polar surface area (TPSA) is 75.4 Å². The van der Waals surface area contributed by atoms with E-state index in [0.717, 1.165) is 12.6 Å². The highest BCUT2D eigenvalue weighted by Gasteiger charge is 2.19. The second kappa shape index (κ2) is 6.51. The van der Waals surface area contributed by atoms with Crippen LogP contribution in [0.3, 0.4) is 0 Å². The maximum atomic E-state index is 13.6. The van der Waals surface area contributed by atoms with E-state index in [1.807, 2.05) is 19.0 Å². The summed E-state index contributed by atoms with van der Waals surface area (Å²) in [4.78, 5) is 1.82. The number of rotatable bonds is 6. The van der Waals surface area contributed by atoms with Crippen molar-refractivity contribution in [1.29, 1.82) is 0 Å². The van der Waals surface area contributed by atoms with Gasteiger partial charge >= 0.3 is 0 Å². The number of nitrogens with zero attached hydrogens (tertiary/aromatic N) is 1. The molecule has 0 aliphatic rings. The Morgan fingerprint density at radius 1 is 1.40 bits per heavy atom. The number of nitrogen functional groups attached to an aromatic ring is 1. The maximum absolute atomic E-state index is 13.6. The molecule has 1 atom stereocenters. The molecule has 114 valence electrons. The van der Waals surface area contributed by atoms with Gasteiger partial charge in [0.2, 0.25) is 10.0 Å². The van der Waals surface area contributed by atoms with Crippen molar-refractivity contribution in [1.82, 2.24) is 9.62 Å². The van der Waals surface area contributed by atoms with Gasteiger partial charge in [-0.3, -0.25) is 0 Å². The fourth-order valence-corrected chi connectivity index (χ4v) is 3.00. The molecule has 0 heterocycles. The zero-order chi connectivity index (χ0) is 15.5. The lowest BCUT2D eigenvalue weighted by Gasteiger charge is -2.17. The molecule has 7 heteroatoms. The SMILES string of the molecule is Cc1c(N)cc(S(=O)(=O)NC(C)CCN(C)C)cc1F.